The number of para-hydroxylation sites is 1. The third kappa shape index (κ3) is 3.07. The zero-order valence-corrected chi connectivity index (χ0v) is 10.4. The maximum atomic E-state index is 11.7. The molecule has 1 aliphatic heterocycles. The van der Waals surface area contributed by atoms with Gasteiger partial charge in [0, 0.05) is 24.3 Å². The number of carbonyl (C=O) groups excluding carboxylic acids is 1. The van der Waals surface area contributed by atoms with Crippen LogP contribution in [0.3, 0.4) is 0 Å². The van der Waals surface area contributed by atoms with Gasteiger partial charge in [0.05, 0.1) is 12.2 Å². The van der Waals surface area contributed by atoms with Gasteiger partial charge in [-0.05, 0) is 13.0 Å². The number of aliphatic hydroxyl groups excluding tert-OH is 1. The van der Waals surface area contributed by atoms with E-state index in [2.05, 4.69) is 10.6 Å². The predicted octanol–water partition coefficient (Wildman–Crippen LogP) is 0.496. The van der Waals surface area contributed by atoms with E-state index in [9.17, 15) is 4.79 Å². The zero-order valence-electron chi connectivity index (χ0n) is 10.4. The highest BCUT2D eigenvalue weighted by Crippen LogP contribution is 2.17. The fraction of sp³-hybridized carbons (Fsp3) is 0.462. The van der Waals surface area contributed by atoms with Crippen LogP contribution in [0, 0.1) is 0 Å². The van der Waals surface area contributed by atoms with Crippen molar-refractivity contribution in [3.63, 3.8) is 0 Å². The summed E-state index contributed by atoms with van der Waals surface area (Å²) in [7, 11) is 0. The number of rotatable bonds is 5. The quantitative estimate of drug-likeness (QED) is 0.711. The Hall–Kier alpha value is -1.43. The highest BCUT2D eigenvalue weighted by atomic mass is 16.5. The normalized spacial score (nSPS) is 17.0. The van der Waals surface area contributed by atoms with Gasteiger partial charge in [0.2, 0.25) is 5.91 Å². The Labute approximate surface area is 106 Å². The van der Waals surface area contributed by atoms with E-state index in [0.29, 0.717) is 11.3 Å². The van der Waals surface area contributed by atoms with E-state index in [-0.39, 0.29) is 24.7 Å². The molecule has 3 N–H and O–H groups in total. The van der Waals surface area contributed by atoms with Gasteiger partial charge >= 0.3 is 0 Å². The maximum absolute atomic E-state index is 11.7. The van der Waals surface area contributed by atoms with Crippen LogP contribution in [0.4, 0.5) is 5.69 Å². The van der Waals surface area contributed by atoms with E-state index >= 15 is 0 Å². The first-order chi connectivity index (χ1) is 8.63. The lowest BCUT2D eigenvalue weighted by Crippen LogP contribution is -2.59. The number of carbonyl (C=O) groups is 1. The predicted molar refractivity (Wildman–Crippen MR) is 68.2 cm³/mol. The van der Waals surface area contributed by atoms with E-state index in [4.69, 9.17) is 9.84 Å². The molecule has 0 aromatic heterocycles. The lowest BCUT2D eigenvalue weighted by Gasteiger charge is -2.38. The van der Waals surface area contributed by atoms with Crippen LogP contribution in [-0.2, 0) is 16.1 Å². The van der Waals surface area contributed by atoms with Gasteiger partial charge in [-0.15, -0.1) is 0 Å². The topological polar surface area (TPSA) is 70.6 Å². The molecule has 2 rings (SSSR count). The number of aliphatic hydroxyl groups is 1. The summed E-state index contributed by atoms with van der Waals surface area (Å²) in [5.74, 6) is -0.205. The minimum atomic E-state index is -0.228. The summed E-state index contributed by atoms with van der Waals surface area (Å²) in [6, 6.07) is 7.16. The number of ether oxygens (including phenoxy) is 1. The molecule has 0 unspecified atom stereocenters. The van der Waals surface area contributed by atoms with Crippen molar-refractivity contribution < 1.29 is 14.6 Å². The van der Waals surface area contributed by atoms with Crippen LogP contribution in [0.15, 0.2) is 24.3 Å². The molecule has 1 heterocycles. The van der Waals surface area contributed by atoms with E-state index in [1.54, 1.807) is 12.1 Å². The molecule has 1 fully saturated rings. The van der Waals surface area contributed by atoms with Crippen molar-refractivity contribution >= 4 is 11.6 Å². The first kappa shape index (κ1) is 13.0. The van der Waals surface area contributed by atoms with Gasteiger partial charge in [-0.2, -0.15) is 0 Å². The molecule has 0 saturated carbocycles. The second-order valence-electron chi connectivity index (χ2n) is 4.71. The molecule has 18 heavy (non-hydrogen) atoms. The van der Waals surface area contributed by atoms with Gasteiger partial charge in [0.15, 0.2) is 0 Å². The van der Waals surface area contributed by atoms with Gasteiger partial charge in [-0.1, -0.05) is 18.2 Å². The Morgan fingerprint density at radius 2 is 2.22 bits per heavy atom. The standard InChI is InChI=1S/C13H18N2O3/c1-13(8-14-9-13)18-7-12(17)15-11-5-3-2-4-10(11)6-16/h2-5,14,16H,6-9H2,1H3,(H,15,17). The van der Waals surface area contributed by atoms with Gasteiger partial charge in [-0.3, -0.25) is 4.79 Å². The fourth-order valence-corrected chi connectivity index (χ4v) is 1.79. The van der Waals surface area contributed by atoms with Crippen molar-refractivity contribution in [3.8, 4) is 0 Å². The molecular formula is C13H18N2O3. The highest BCUT2D eigenvalue weighted by molar-refractivity contribution is 5.92. The van der Waals surface area contributed by atoms with Crippen LogP contribution in [0.2, 0.25) is 0 Å². The Balaban J connectivity index is 1.86. The van der Waals surface area contributed by atoms with Crippen molar-refractivity contribution in [2.75, 3.05) is 25.0 Å². The molecule has 0 aliphatic carbocycles. The van der Waals surface area contributed by atoms with Crippen LogP contribution < -0.4 is 10.6 Å². The summed E-state index contributed by atoms with van der Waals surface area (Å²) in [6.45, 7) is 3.44. The molecule has 1 aliphatic rings. The van der Waals surface area contributed by atoms with Crippen LogP contribution in [-0.4, -0.2) is 36.3 Å². The number of amides is 1. The van der Waals surface area contributed by atoms with E-state index in [1.165, 1.54) is 0 Å². The molecule has 1 aromatic carbocycles. The lowest BCUT2D eigenvalue weighted by molar-refractivity contribution is -0.130. The molecule has 0 radical (unpaired) electrons. The Morgan fingerprint density at radius 3 is 2.83 bits per heavy atom. The van der Waals surface area contributed by atoms with Crippen molar-refractivity contribution in [2.24, 2.45) is 0 Å². The summed E-state index contributed by atoms with van der Waals surface area (Å²) < 4.78 is 5.54. The molecule has 0 spiro atoms. The van der Waals surface area contributed by atoms with E-state index < -0.39 is 0 Å². The van der Waals surface area contributed by atoms with Crippen molar-refractivity contribution in [2.45, 2.75) is 19.1 Å². The summed E-state index contributed by atoms with van der Waals surface area (Å²) in [5, 5.41) is 15.0. The third-order valence-electron chi connectivity index (χ3n) is 3.01. The average Bonchev–Trinajstić information content (AvgIpc) is 2.35. The number of anilines is 1. The third-order valence-corrected chi connectivity index (χ3v) is 3.01. The van der Waals surface area contributed by atoms with Crippen LogP contribution in [0.1, 0.15) is 12.5 Å². The van der Waals surface area contributed by atoms with Gasteiger partial charge < -0.3 is 20.5 Å². The van der Waals surface area contributed by atoms with Crippen LogP contribution >= 0.6 is 0 Å². The first-order valence-corrected chi connectivity index (χ1v) is 5.96. The molecule has 98 valence electrons. The number of benzene rings is 1. The van der Waals surface area contributed by atoms with Gasteiger partial charge in [0.25, 0.3) is 0 Å². The smallest absolute Gasteiger partial charge is 0.250 e. The molecule has 0 atom stereocenters. The molecule has 5 nitrogen and oxygen atoms in total. The zero-order chi connectivity index (χ0) is 13.0. The minimum Gasteiger partial charge on any atom is -0.392 e. The maximum Gasteiger partial charge on any atom is 0.250 e. The van der Waals surface area contributed by atoms with E-state index in [1.807, 2.05) is 19.1 Å². The molecule has 1 saturated heterocycles. The number of hydrogen-bond donors (Lipinski definition) is 3. The second-order valence-corrected chi connectivity index (χ2v) is 4.71. The van der Waals surface area contributed by atoms with Gasteiger partial charge in [-0.25, -0.2) is 0 Å². The monoisotopic (exact) mass is 250 g/mol. The molecule has 5 heteroatoms. The summed E-state index contributed by atoms with van der Waals surface area (Å²) in [5.41, 5.74) is 1.10. The molecule has 0 bridgehead atoms. The van der Waals surface area contributed by atoms with Crippen molar-refractivity contribution in [1.82, 2.24) is 5.32 Å². The Bertz CT molecular complexity index is 430. The second kappa shape index (κ2) is 5.48. The van der Waals surface area contributed by atoms with Crippen LogP contribution in [0.25, 0.3) is 0 Å². The minimum absolute atomic E-state index is 0.0257. The molecule has 1 amide bonds. The summed E-state index contributed by atoms with van der Waals surface area (Å²) >= 11 is 0. The van der Waals surface area contributed by atoms with Crippen molar-refractivity contribution in [3.05, 3.63) is 29.8 Å². The first-order valence-electron chi connectivity index (χ1n) is 5.96. The summed E-state index contributed by atoms with van der Waals surface area (Å²) in [4.78, 5) is 11.7. The fourth-order valence-electron chi connectivity index (χ4n) is 1.79. The largest absolute Gasteiger partial charge is 0.392 e. The van der Waals surface area contributed by atoms with E-state index in [0.717, 1.165) is 13.1 Å². The van der Waals surface area contributed by atoms with Gasteiger partial charge in [0.1, 0.15) is 6.61 Å². The lowest BCUT2D eigenvalue weighted by atomic mass is 10.0. The van der Waals surface area contributed by atoms with Crippen molar-refractivity contribution in [1.29, 1.82) is 0 Å². The highest BCUT2D eigenvalue weighted by Gasteiger charge is 2.33. The Morgan fingerprint density at radius 1 is 1.50 bits per heavy atom. The SMILES string of the molecule is CC1(OCC(=O)Nc2ccccc2CO)CNC1. The molecule has 1 aromatic rings. The number of nitrogens with one attached hydrogen (secondary N) is 2. The molecular weight excluding hydrogens is 232 g/mol. The van der Waals surface area contributed by atoms with Crippen LogP contribution in [0.5, 0.6) is 0 Å². The summed E-state index contributed by atoms with van der Waals surface area (Å²) in [6.07, 6.45) is 0. The number of hydrogen-bond acceptors (Lipinski definition) is 4. The average molecular weight is 250 g/mol. The Kier molecular flexibility index (Phi) is 3.96.